The fraction of sp³-hybridized carbons (Fsp3) is 0.750. The molecule has 1 aliphatic carbocycles. The molecule has 2 aliphatic heterocycles. The number of rotatable bonds is 0. The first kappa shape index (κ1) is 8.98. The van der Waals surface area contributed by atoms with Crippen LogP contribution in [0.25, 0.3) is 0 Å². The molecule has 1 heteroatoms. The third kappa shape index (κ3) is 1.34. The van der Waals surface area contributed by atoms with Crippen molar-refractivity contribution in [3.63, 3.8) is 0 Å². The minimum absolute atomic E-state index is 0.163. The van der Waals surface area contributed by atoms with E-state index in [2.05, 4.69) is 51.1 Å². The Hall–Kier alpha value is -0.590. The first-order valence-corrected chi connectivity index (χ1v) is 5.25. The molecule has 0 aromatic rings. The van der Waals surface area contributed by atoms with Gasteiger partial charge in [-0.2, -0.15) is 0 Å². The minimum atomic E-state index is 0.163. The van der Waals surface area contributed by atoms with Crippen LogP contribution in [0.5, 0.6) is 0 Å². The maximum Gasteiger partial charge on any atom is 0.0558 e. The highest BCUT2D eigenvalue weighted by atomic mass is 14.9. The summed E-state index contributed by atoms with van der Waals surface area (Å²) in [5.41, 5.74) is 0.163. The Labute approximate surface area is 80.9 Å². The van der Waals surface area contributed by atoms with Crippen LogP contribution in [-0.2, 0) is 0 Å². The average Bonchev–Trinajstić information content (AvgIpc) is 2.01. The fourth-order valence-corrected chi connectivity index (χ4v) is 2.57. The summed E-state index contributed by atoms with van der Waals surface area (Å²) in [6.45, 7) is 9.06. The molecule has 2 unspecified atom stereocenters. The van der Waals surface area contributed by atoms with Crippen LogP contribution in [0.4, 0.5) is 0 Å². The van der Waals surface area contributed by atoms with Crippen molar-refractivity contribution in [3.05, 3.63) is 12.2 Å². The Kier molecular flexibility index (Phi) is 1.86. The van der Waals surface area contributed by atoms with Crippen LogP contribution >= 0.6 is 0 Å². The SMILES string of the molecule is CC1C2/C=C\C(C)(C)C=NC1C2C. The van der Waals surface area contributed by atoms with Gasteiger partial charge in [0.25, 0.3) is 0 Å². The van der Waals surface area contributed by atoms with Crippen molar-refractivity contribution < 1.29 is 0 Å². The molecule has 1 fully saturated rings. The van der Waals surface area contributed by atoms with Crippen molar-refractivity contribution in [1.82, 2.24) is 0 Å². The van der Waals surface area contributed by atoms with E-state index in [0.29, 0.717) is 6.04 Å². The van der Waals surface area contributed by atoms with E-state index in [0.717, 1.165) is 17.8 Å². The second-order valence-electron chi connectivity index (χ2n) is 5.24. The number of fused-ring (bicyclic) bond motifs is 2. The Bertz CT molecular complexity index is 228. The minimum Gasteiger partial charge on any atom is -0.293 e. The summed E-state index contributed by atoms with van der Waals surface area (Å²) in [5.74, 6) is 2.26. The highest BCUT2D eigenvalue weighted by molar-refractivity contribution is 5.68. The molecule has 0 N–H and O–H groups in total. The van der Waals surface area contributed by atoms with Crippen molar-refractivity contribution in [3.8, 4) is 0 Å². The lowest BCUT2D eigenvalue weighted by atomic mass is 9.61. The summed E-state index contributed by atoms with van der Waals surface area (Å²) in [7, 11) is 0. The van der Waals surface area contributed by atoms with E-state index < -0.39 is 0 Å². The topological polar surface area (TPSA) is 12.4 Å². The molecule has 2 atom stereocenters. The van der Waals surface area contributed by atoms with E-state index >= 15 is 0 Å². The number of nitrogens with zero attached hydrogens (tertiary/aromatic N) is 1. The van der Waals surface area contributed by atoms with E-state index in [1.165, 1.54) is 0 Å². The predicted molar refractivity (Wildman–Crippen MR) is 57.0 cm³/mol. The van der Waals surface area contributed by atoms with E-state index in [1.54, 1.807) is 0 Å². The van der Waals surface area contributed by atoms with Crippen LogP contribution in [0, 0.1) is 23.2 Å². The maximum absolute atomic E-state index is 4.69. The molecule has 2 bridgehead atoms. The third-order valence-corrected chi connectivity index (χ3v) is 3.62. The molecule has 0 aromatic heterocycles. The molecule has 0 saturated heterocycles. The predicted octanol–water partition coefficient (Wildman–Crippen LogP) is 2.92. The van der Waals surface area contributed by atoms with Crippen molar-refractivity contribution in [2.24, 2.45) is 28.2 Å². The van der Waals surface area contributed by atoms with Gasteiger partial charge in [-0.05, 0) is 17.8 Å². The first-order chi connectivity index (χ1) is 6.01. The van der Waals surface area contributed by atoms with Crippen molar-refractivity contribution in [1.29, 1.82) is 0 Å². The van der Waals surface area contributed by atoms with Crippen molar-refractivity contribution in [2.75, 3.05) is 0 Å². The molecule has 13 heavy (non-hydrogen) atoms. The fourth-order valence-electron chi connectivity index (χ4n) is 2.57. The monoisotopic (exact) mass is 177 g/mol. The molecule has 2 heterocycles. The number of aliphatic imine (C=N–C) groups is 1. The van der Waals surface area contributed by atoms with Crippen LogP contribution in [-0.4, -0.2) is 12.3 Å². The Morgan fingerprint density at radius 1 is 1.15 bits per heavy atom. The van der Waals surface area contributed by atoms with Gasteiger partial charge >= 0.3 is 0 Å². The summed E-state index contributed by atoms with van der Waals surface area (Å²) in [6.07, 6.45) is 6.83. The lowest BCUT2D eigenvalue weighted by Gasteiger charge is -2.47. The van der Waals surface area contributed by atoms with Crippen molar-refractivity contribution >= 4 is 6.21 Å². The molecule has 72 valence electrons. The van der Waals surface area contributed by atoms with E-state index in [9.17, 15) is 0 Å². The van der Waals surface area contributed by atoms with Gasteiger partial charge in [0.2, 0.25) is 0 Å². The zero-order valence-electron chi connectivity index (χ0n) is 8.99. The normalized spacial score (nSPS) is 48.9. The van der Waals surface area contributed by atoms with Crippen molar-refractivity contribution in [2.45, 2.75) is 33.7 Å². The van der Waals surface area contributed by atoms with Gasteiger partial charge in [0.15, 0.2) is 0 Å². The largest absolute Gasteiger partial charge is 0.293 e. The van der Waals surface area contributed by atoms with Gasteiger partial charge in [-0.15, -0.1) is 0 Å². The van der Waals surface area contributed by atoms with Crippen LogP contribution in [0.1, 0.15) is 27.7 Å². The molecule has 3 rings (SSSR count). The average molecular weight is 177 g/mol. The third-order valence-electron chi connectivity index (χ3n) is 3.62. The van der Waals surface area contributed by atoms with Crippen LogP contribution < -0.4 is 0 Å². The number of hydrogen-bond donors (Lipinski definition) is 0. The summed E-state index contributed by atoms with van der Waals surface area (Å²) >= 11 is 0. The quantitative estimate of drug-likeness (QED) is 0.504. The van der Waals surface area contributed by atoms with E-state index in [1.807, 2.05) is 0 Å². The van der Waals surface area contributed by atoms with Gasteiger partial charge in [-0.1, -0.05) is 39.8 Å². The Balaban J connectivity index is 2.26. The molecule has 1 saturated carbocycles. The zero-order chi connectivity index (χ0) is 9.64. The standard InChI is InChI=1S/C12H19N/c1-8-10-5-6-12(3,4)7-13-11(8)9(10)2/h5-11H,1-4H3/b6-5-,13-7?. The summed E-state index contributed by atoms with van der Waals surface area (Å²) < 4.78 is 0. The molecule has 0 amide bonds. The molecular weight excluding hydrogens is 158 g/mol. The van der Waals surface area contributed by atoms with Gasteiger partial charge in [0.1, 0.15) is 0 Å². The molecule has 0 aromatic carbocycles. The second kappa shape index (κ2) is 2.70. The molecule has 1 nitrogen and oxygen atoms in total. The highest BCUT2D eigenvalue weighted by Gasteiger charge is 2.44. The molecule has 0 spiro atoms. The number of allylic oxidation sites excluding steroid dienone is 2. The summed E-state index contributed by atoms with van der Waals surface area (Å²) in [6, 6.07) is 0.578. The van der Waals surface area contributed by atoms with Gasteiger partial charge in [0, 0.05) is 11.6 Å². The van der Waals surface area contributed by atoms with E-state index in [4.69, 9.17) is 0 Å². The van der Waals surface area contributed by atoms with Gasteiger partial charge in [-0.25, -0.2) is 0 Å². The highest BCUT2D eigenvalue weighted by Crippen LogP contribution is 2.45. The smallest absolute Gasteiger partial charge is 0.0558 e. The zero-order valence-corrected chi connectivity index (χ0v) is 8.99. The second-order valence-corrected chi connectivity index (χ2v) is 5.24. The summed E-state index contributed by atoms with van der Waals surface area (Å²) in [5, 5.41) is 0. The van der Waals surface area contributed by atoms with Crippen LogP contribution in [0.3, 0.4) is 0 Å². The lowest BCUT2D eigenvalue weighted by molar-refractivity contribution is 0.104. The Morgan fingerprint density at radius 3 is 2.38 bits per heavy atom. The molecule has 3 aliphatic rings. The molecular formula is C12H19N. The first-order valence-electron chi connectivity index (χ1n) is 5.25. The molecule has 0 radical (unpaired) electrons. The van der Waals surface area contributed by atoms with Crippen LogP contribution in [0.2, 0.25) is 0 Å². The van der Waals surface area contributed by atoms with Crippen LogP contribution in [0.15, 0.2) is 17.1 Å². The maximum atomic E-state index is 4.69. The lowest BCUT2D eigenvalue weighted by Crippen LogP contribution is -2.47. The summed E-state index contributed by atoms with van der Waals surface area (Å²) in [4.78, 5) is 4.69. The van der Waals surface area contributed by atoms with Gasteiger partial charge in [-0.3, -0.25) is 4.99 Å². The Morgan fingerprint density at radius 2 is 1.77 bits per heavy atom. The van der Waals surface area contributed by atoms with Gasteiger partial charge < -0.3 is 0 Å². The van der Waals surface area contributed by atoms with Gasteiger partial charge in [0.05, 0.1) is 6.04 Å². The number of hydrogen-bond acceptors (Lipinski definition) is 1. The van der Waals surface area contributed by atoms with E-state index in [-0.39, 0.29) is 5.41 Å².